The minimum atomic E-state index is -4.63. The van der Waals surface area contributed by atoms with Crippen LogP contribution in [0.4, 0.5) is 23.8 Å². The van der Waals surface area contributed by atoms with Gasteiger partial charge in [-0.2, -0.15) is 18.2 Å². The summed E-state index contributed by atoms with van der Waals surface area (Å²) in [5.74, 6) is 0.253. The molecule has 1 fully saturated rings. The number of thiol groups is 1. The molecule has 0 spiro atoms. The summed E-state index contributed by atoms with van der Waals surface area (Å²) < 4.78 is 49.5. The van der Waals surface area contributed by atoms with Gasteiger partial charge in [0.1, 0.15) is 11.4 Å². The van der Waals surface area contributed by atoms with E-state index in [0.29, 0.717) is 16.2 Å². The molecule has 2 aliphatic heterocycles. The van der Waals surface area contributed by atoms with E-state index >= 15 is 0 Å². The third-order valence-corrected chi connectivity index (χ3v) is 9.92. The molecule has 4 heterocycles. The highest BCUT2D eigenvalue weighted by Gasteiger charge is 2.39. The van der Waals surface area contributed by atoms with Gasteiger partial charge in [-0.25, -0.2) is 9.59 Å². The standard InChI is InChI=1S/C28H33ClF3N5O3S/c1-16-12-35(13-17(2)37(16)26(39)40-27(3,4)5)24-20-10-19(28(30,31)32)11-22-23(20)36(25(38)34-24)14-18(15-41(22)29)21-8-6-7-9-33-21/h6-11,16-18,41H,12-15H2,1-5H3/t16-,17+,18?. The molecule has 1 aromatic carbocycles. The molecule has 3 aromatic rings. The van der Waals surface area contributed by atoms with Crippen molar-refractivity contribution in [2.24, 2.45) is 0 Å². The Bertz CT molecular complexity index is 1520. The van der Waals surface area contributed by atoms with E-state index in [4.69, 9.17) is 15.4 Å². The number of hydrogen-bond donors (Lipinski definition) is 1. The number of nitrogens with zero attached hydrogens (tertiary/aromatic N) is 5. The van der Waals surface area contributed by atoms with Gasteiger partial charge in [0.25, 0.3) is 0 Å². The normalized spacial score (nSPS) is 24.3. The van der Waals surface area contributed by atoms with E-state index in [1.165, 1.54) is 4.57 Å². The summed E-state index contributed by atoms with van der Waals surface area (Å²) in [6.45, 7) is 9.75. The second-order valence-electron chi connectivity index (χ2n) is 11.7. The van der Waals surface area contributed by atoms with Crippen molar-refractivity contribution >= 4 is 43.6 Å². The number of ether oxygens (including phenoxy) is 1. The van der Waals surface area contributed by atoms with Crippen LogP contribution in [-0.2, 0) is 17.5 Å². The Morgan fingerprint density at radius 2 is 1.78 bits per heavy atom. The molecule has 1 amide bonds. The van der Waals surface area contributed by atoms with E-state index in [9.17, 15) is 22.8 Å². The van der Waals surface area contributed by atoms with E-state index in [-0.39, 0.29) is 48.8 Å². The maximum Gasteiger partial charge on any atom is 0.416 e. The number of hydrogen-bond acceptors (Lipinski definition) is 6. The Morgan fingerprint density at radius 3 is 2.37 bits per heavy atom. The van der Waals surface area contributed by atoms with Gasteiger partial charge in [-0.1, -0.05) is 16.7 Å². The largest absolute Gasteiger partial charge is 0.444 e. The Kier molecular flexibility index (Phi) is 7.69. The van der Waals surface area contributed by atoms with Crippen LogP contribution < -0.4 is 10.6 Å². The molecular weight excluding hydrogens is 579 g/mol. The second-order valence-corrected chi connectivity index (χ2v) is 14.5. The van der Waals surface area contributed by atoms with Crippen LogP contribution in [0.2, 0.25) is 0 Å². The van der Waals surface area contributed by atoms with Crippen LogP contribution in [0.5, 0.6) is 0 Å². The number of halogens is 4. The zero-order valence-corrected chi connectivity index (χ0v) is 25.1. The quantitative estimate of drug-likeness (QED) is 0.361. The Labute approximate surface area is 243 Å². The summed E-state index contributed by atoms with van der Waals surface area (Å²) in [4.78, 5) is 39.0. The van der Waals surface area contributed by atoms with E-state index in [1.807, 2.05) is 26.0 Å². The maximum absolute atomic E-state index is 14.2. The molecule has 4 atom stereocenters. The molecule has 0 radical (unpaired) electrons. The van der Waals surface area contributed by atoms with Crippen molar-refractivity contribution < 1.29 is 22.7 Å². The first-order valence-corrected chi connectivity index (χ1v) is 15.8. The summed E-state index contributed by atoms with van der Waals surface area (Å²) in [6, 6.07) is 6.87. The molecule has 2 aromatic heterocycles. The molecule has 2 unspecified atom stereocenters. The predicted molar refractivity (Wildman–Crippen MR) is 155 cm³/mol. The molecule has 0 saturated carbocycles. The monoisotopic (exact) mass is 611 g/mol. The van der Waals surface area contributed by atoms with Crippen molar-refractivity contribution in [3.63, 3.8) is 0 Å². The molecular formula is C28H33ClF3N5O3S. The van der Waals surface area contributed by atoms with Gasteiger partial charge < -0.3 is 9.64 Å². The van der Waals surface area contributed by atoms with Crippen LogP contribution in [0.1, 0.15) is 51.8 Å². The summed E-state index contributed by atoms with van der Waals surface area (Å²) in [5.41, 5.74) is -0.992. The van der Waals surface area contributed by atoms with Gasteiger partial charge in [-0.05, 0) is 58.9 Å². The highest BCUT2D eigenvalue weighted by molar-refractivity contribution is 8.36. The molecule has 0 bridgehead atoms. The van der Waals surface area contributed by atoms with Gasteiger partial charge in [-0.3, -0.25) is 14.5 Å². The first-order chi connectivity index (χ1) is 19.1. The lowest BCUT2D eigenvalue weighted by Crippen LogP contribution is -2.59. The first kappa shape index (κ1) is 29.5. The van der Waals surface area contributed by atoms with Crippen molar-refractivity contribution in [3.05, 3.63) is 58.3 Å². The lowest BCUT2D eigenvalue weighted by atomic mass is 10.0. The summed E-state index contributed by atoms with van der Waals surface area (Å²) in [5, 5.41) is 0.217. The molecule has 13 heteroatoms. The summed E-state index contributed by atoms with van der Waals surface area (Å²) in [6.07, 6.45) is -3.45. The average Bonchev–Trinajstić information content (AvgIpc) is 3.02. The number of amides is 1. The van der Waals surface area contributed by atoms with Crippen molar-refractivity contribution in [2.75, 3.05) is 23.7 Å². The Morgan fingerprint density at radius 1 is 1.10 bits per heavy atom. The van der Waals surface area contributed by atoms with Crippen LogP contribution >= 0.6 is 20.8 Å². The molecule has 222 valence electrons. The smallest absolute Gasteiger partial charge is 0.416 e. The van der Waals surface area contributed by atoms with E-state index in [2.05, 4.69) is 9.97 Å². The number of anilines is 1. The van der Waals surface area contributed by atoms with Crippen LogP contribution in [0.25, 0.3) is 10.9 Å². The Balaban J connectivity index is 1.63. The van der Waals surface area contributed by atoms with Crippen molar-refractivity contribution in [2.45, 2.75) is 75.8 Å². The fraction of sp³-hybridized carbons (Fsp3) is 0.500. The minimum Gasteiger partial charge on any atom is -0.444 e. The molecule has 8 nitrogen and oxygen atoms in total. The summed E-state index contributed by atoms with van der Waals surface area (Å²) >= 11 is 0. The number of pyridine rings is 1. The maximum atomic E-state index is 14.2. The van der Waals surface area contributed by atoms with Crippen LogP contribution in [-0.4, -0.2) is 62.1 Å². The average molecular weight is 612 g/mol. The highest BCUT2D eigenvalue weighted by atomic mass is 35.7. The zero-order chi connectivity index (χ0) is 29.9. The van der Waals surface area contributed by atoms with Crippen molar-refractivity contribution in [1.29, 1.82) is 0 Å². The van der Waals surface area contributed by atoms with Crippen LogP contribution in [0.3, 0.4) is 0 Å². The molecule has 41 heavy (non-hydrogen) atoms. The van der Waals surface area contributed by atoms with Crippen LogP contribution in [0, 0.1) is 0 Å². The highest BCUT2D eigenvalue weighted by Crippen LogP contribution is 2.52. The fourth-order valence-corrected chi connectivity index (χ4v) is 8.21. The van der Waals surface area contributed by atoms with Gasteiger partial charge in [0.05, 0.1) is 23.2 Å². The number of benzene rings is 1. The number of alkyl halides is 3. The second kappa shape index (κ2) is 10.7. The SMILES string of the molecule is C[C@@H]1CN(c2nc(=O)n3c4c(cc(C(F)(F)F)cc24)[SH](Cl)CC(c2ccccn2)C3)C[C@H](C)N1C(=O)OC(C)(C)C. The van der Waals surface area contributed by atoms with Gasteiger partial charge in [0.15, 0.2) is 0 Å². The summed E-state index contributed by atoms with van der Waals surface area (Å²) in [7, 11) is 5.31. The third kappa shape index (κ3) is 5.86. The van der Waals surface area contributed by atoms with Gasteiger partial charge >= 0.3 is 18.0 Å². The minimum absolute atomic E-state index is 0.160. The lowest BCUT2D eigenvalue weighted by molar-refractivity contribution is -0.137. The van der Waals surface area contributed by atoms with Crippen molar-refractivity contribution in [1.82, 2.24) is 19.4 Å². The topological polar surface area (TPSA) is 80.6 Å². The molecule has 0 aliphatic carbocycles. The fourth-order valence-electron chi connectivity index (χ4n) is 5.68. The van der Waals surface area contributed by atoms with Gasteiger partial charge in [0.2, 0.25) is 0 Å². The number of carbonyl (C=O) groups excluding carboxylic acids is 1. The first-order valence-electron chi connectivity index (χ1n) is 13.4. The number of rotatable bonds is 2. The van der Waals surface area contributed by atoms with Crippen LogP contribution in [0.15, 0.2) is 46.2 Å². The van der Waals surface area contributed by atoms with Gasteiger partial charge in [0, 0.05) is 53.5 Å². The predicted octanol–water partition coefficient (Wildman–Crippen LogP) is 5.96. The third-order valence-electron chi connectivity index (χ3n) is 7.33. The Hall–Kier alpha value is -2.99. The number of piperazine rings is 1. The number of aromatic nitrogens is 3. The molecule has 0 N–H and O–H groups in total. The number of carbonyl (C=O) groups is 1. The van der Waals surface area contributed by atoms with E-state index < -0.39 is 39.2 Å². The molecule has 2 aliphatic rings. The van der Waals surface area contributed by atoms with Crippen molar-refractivity contribution in [3.8, 4) is 0 Å². The molecule has 1 saturated heterocycles. The lowest BCUT2D eigenvalue weighted by Gasteiger charge is -2.45. The zero-order valence-electron chi connectivity index (χ0n) is 23.4. The van der Waals surface area contributed by atoms with E-state index in [0.717, 1.165) is 17.8 Å². The van der Waals surface area contributed by atoms with Gasteiger partial charge in [-0.15, -0.1) is 10.1 Å². The van der Waals surface area contributed by atoms with E-state index in [1.54, 1.807) is 42.8 Å². The molecule has 5 rings (SSSR count).